The molecular formula is C47H52BClN2. The number of anilines is 6. The Kier molecular flexibility index (Phi) is 7.55. The number of fused-ring (bicyclic) bond motifs is 5. The van der Waals surface area contributed by atoms with Gasteiger partial charge in [0, 0.05) is 39.1 Å². The fourth-order valence-corrected chi connectivity index (χ4v) is 9.05. The summed E-state index contributed by atoms with van der Waals surface area (Å²) < 4.78 is 0. The number of aryl methyl sites for hydroxylation is 1. The lowest BCUT2D eigenvalue weighted by Crippen LogP contribution is -2.61. The molecule has 0 unspecified atom stereocenters. The number of hydrogen-bond acceptors (Lipinski definition) is 2. The van der Waals surface area contributed by atoms with Crippen molar-refractivity contribution in [3.63, 3.8) is 0 Å². The Morgan fingerprint density at radius 3 is 1.53 bits per heavy atom. The largest absolute Gasteiger partial charge is 0.311 e. The first-order valence-electron chi connectivity index (χ1n) is 18.8. The summed E-state index contributed by atoms with van der Waals surface area (Å²) in [6.07, 6.45) is 2.39. The van der Waals surface area contributed by atoms with Gasteiger partial charge in [0.05, 0.1) is 0 Å². The van der Waals surface area contributed by atoms with Crippen LogP contribution in [0.3, 0.4) is 0 Å². The second kappa shape index (κ2) is 11.3. The van der Waals surface area contributed by atoms with E-state index in [2.05, 4.69) is 165 Å². The Hall–Kier alpha value is -3.95. The Labute approximate surface area is 311 Å². The summed E-state index contributed by atoms with van der Waals surface area (Å²) in [5.41, 5.74) is 18.7. The first-order valence-corrected chi connectivity index (χ1v) is 19.2. The third kappa shape index (κ3) is 5.45. The van der Waals surface area contributed by atoms with Crippen molar-refractivity contribution in [3.8, 4) is 0 Å². The highest BCUT2D eigenvalue weighted by Gasteiger charge is 2.45. The number of nitrogens with zero attached hydrogens (tertiary/aromatic N) is 2. The zero-order chi connectivity index (χ0) is 36.4. The first-order chi connectivity index (χ1) is 23.8. The van der Waals surface area contributed by atoms with Crippen molar-refractivity contribution in [2.75, 3.05) is 9.80 Å². The summed E-state index contributed by atoms with van der Waals surface area (Å²) in [4.78, 5) is 5.09. The van der Waals surface area contributed by atoms with Crippen LogP contribution in [0.2, 0.25) is 5.02 Å². The van der Waals surface area contributed by atoms with Gasteiger partial charge in [-0.1, -0.05) is 111 Å². The van der Waals surface area contributed by atoms with Gasteiger partial charge in [0.2, 0.25) is 0 Å². The van der Waals surface area contributed by atoms with Crippen molar-refractivity contribution in [2.24, 2.45) is 0 Å². The molecule has 3 aliphatic rings. The normalized spacial score (nSPS) is 17.1. The van der Waals surface area contributed by atoms with Gasteiger partial charge in [-0.3, -0.25) is 0 Å². The van der Waals surface area contributed by atoms with Crippen molar-refractivity contribution >= 4 is 68.8 Å². The molecule has 2 aliphatic heterocycles. The van der Waals surface area contributed by atoms with Gasteiger partial charge < -0.3 is 9.80 Å². The zero-order valence-corrected chi connectivity index (χ0v) is 33.2. The molecule has 0 aromatic heterocycles. The van der Waals surface area contributed by atoms with Crippen molar-refractivity contribution < 1.29 is 0 Å². The third-order valence-corrected chi connectivity index (χ3v) is 12.4. The number of rotatable bonds is 2. The molecule has 51 heavy (non-hydrogen) atoms. The summed E-state index contributed by atoms with van der Waals surface area (Å²) in [6, 6.07) is 35.1. The average Bonchev–Trinajstić information content (AvgIpc) is 3.05. The molecule has 4 heteroatoms. The van der Waals surface area contributed by atoms with Gasteiger partial charge in [0.25, 0.3) is 6.71 Å². The molecule has 0 N–H and O–H groups in total. The maximum atomic E-state index is 6.49. The van der Waals surface area contributed by atoms with Crippen LogP contribution in [0.25, 0.3) is 0 Å². The van der Waals surface area contributed by atoms with Gasteiger partial charge in [-0.25, -0.2) is 0 Å². The Morgan fingerprint density at radius 2 is 1.02 bits per heavy atom. The van der Waals surface area contributed by atoms with E-state index in [0.717, 1.165) is 10.7 Å². The maximum absolute atomic E-state index is 6.49. The lowest BCUT2D eigenvalue weighted by atomic mass is 9.33. The molecular weight excluding hydrogens is 639 g/mol. The Morgan fingerprint density at radius 1 is 0.549 bits per heavy atom. The molecule has 0 saturated heterocycles. The molecule has 0 amide bonds. The molecule has 260 valence electrons. The molecule has 0 saturated carbocycles. The van der Waals surface area contributed by atoms with Crippen LogP contribution in [0.4, 0.5) is 34.1 Å². The molecule has 0 radical (unpaired) electrons. The van der Waals surface area contributed by atoms with Gasteiger partial charge >= 0.3 is 0 Å². The number of benzene rings is 5. The molecule has 8 rings (SSSR count). The number of halogens is 1. The highest BCUT2D eigenvalue weighted by atomic mass is 35.5. The van der Waals surface area contributed by atoms with Crippen LogP contribution in [-0.2, 0) is 21.7 Å². The summed E-state index contributed by atoms with van der Waals surface area (Å²) in [7, 11) is 0. The van der Waals surface area contributed by atoms with E-state index in [1.807, 2.05) is 12.1 Å². The van der Waals surface area contributed by atoms with E-state index < -0.39 is 0 Å². The molecule has 0 bridgehead atoms. The molecule has 0 fully saturated rings. The van der Waals surface area contributed by atoms with Crippen molar-refractivity contribution in [1.29, 1.82) is 0 Å². The SMILES string of the molecule is Cc1cc2c3c(c1)N(c1ccc4c(c1)C(C)(C)CCC4(C)C)c1cc(C(C)(C)C)ccc1B3c1ccc(C(C)(C)C)cc1N2c1ccc(Cl)cc1. The third-order valence-electron chi connectivity index (χ3n) is 12.1. The van der Waals surface area contributed by atoms with Crippen LogP contribution in [0.15, 0.2) is 91.0 Å². The van der Waals surface area contributed by atoms with E-state index in [1.54, 1.807) is 0 Å². The summed E-state index contributed by atoms with van der Waals surface area (Å²) >= 11 is 6.49. The lowest BCUT2D eigenvalue weighted by Gasteiger charge is -2.46. The van der Waals surface area contributed by atoms with E-state index in [0.29, 0.717) is 0 Å². The van der Waals surface area contributed by atoms with E-state index in [4.69, 9.17) is 11.6 Å². The van der Waals surface area contributed by atoms with E-state index in [-0.39, 0.29) is 28.4 Å². The van der Waals surface area contributed by atoms with Gasteiger partial charge in [-0.15, -0.1) is 0 Å². The van der Waals surface area contributed by atoms with E-state index >= 15 is 0 Å². The van der Waals surface area contributed by atoms with Gasteiger partial charge in [0.1, 0.15) is 0 Å². The van der Waals surface area contributed by atoms with E-state index in [1.165, 1.54) is 85.5 Å². The maximum Gasteiger partial charge on any atom is 0.252 e. The molecule has 0 atom stereocenters. The monoisotopic (exact) mass is 690 g/mol. The van der Waals surface area contributed by atoms with Gasteiger partial charge in [-0.2, -0.15) is 0 Å². The Bertz CT molecular complexity index is 2210. The zero-order valence-electron chi connectivity index (χ0n) is 32.4. The van der Waals surface area contributed by atoms with Crippen molar-refractivity contribution in [1.82, 2.24) is 0 Å². The molecule has 5 aromatic carbocycles. The predicted molar refractivity (Wildman–Crippen MR) is 223 cm³/mol. The highest BCUT2D eigenvalue weighted by Crippen LogP contribution is 2.50. The molecule has 1 aliphatic carbocycles. The summed E-state index contributed by atoms with van der Waals surface area (Å²) in [5, 5.41) is 0.747. The van der Waals surface area contributed by atoms with Crippen LogP contribution in [0.1, 0.15) is 110 Å². The van der Waals surface area contributed by atoms with Crippen molar-refractivity contribution in [3.05, 3.63) is 124 Å². The minimum absolute atomic E-state index is 0.0103. The fourth-order valence-electron chi connectivity index (χ4n) is 8.92. The standard InChI is InChI=1S/C47H52BClN2/c1-29-24-41-43-42(25-29)51(34-18-19-35-36(28-34)47(10,11)23-22-46(35,8)9)40-27-31(45(5,6)7)13-21-38(40)48(43)37-20-12-30(44(2,3)4)26-39(37)50(41)33-16-14-32(49)15-17-33/h12-21,24-28H,22-23H2,1-11H3. The summed E-state index contributed by atoms with van der Waals surface area (Å²) in [5.74, 6) is 0. The fraction of sp³-hybridized carbons (Fsp3) is 0.362. The van der Waals surface area contributed by atoms with Gasteiger partial charge in [-0.05, 0) is 146 Å². The average molecular weight is 691 g/mol. The van der Waals surface area contributed by atoms with Crippen LogP contribution in [0, 0.1) is 6.92 Å². The van der Waals surface area contributed by atoms with Crippen LogP contribution >= 0.6 is 11.6 Å². The van der Waals surface area contributed by atoms with Gasteiger partial charge in [0.15, 0.2) is 0 Å². The van der Waals surface area contributed by atoms with Crippen LogP contribution in [-0.4, -0.2) is 6.71 Å². The predicted octanol–water partition coefficient (Wildman–Crippen LogP) is 11.7. The van der Waals surface area contributed by atoms with Crippen LogP contribution in [0.5, 0.6) is 0 Å². The molecule has 2 nitrogen and oxygen atoms in total. The van der Waals surface area contributed by atoms with E-state index in [9.17, 15) is 0 Å². The molecule has 2 heterocycles. The van der Waals surface area contributed by atoms with Crippen molar-refractivity contribution in [2.45, 2.75) is 111 Å². The highest BCUT2D eigenvalue weighted by molar-refractivity contribution is 7.00. The smallest absolute Gasteiger partial charge is 0.252 e. The first kappa shape index (κ1) is 34.2. The van der Waals surface area contributed by atoms with Crippen LogP contribution < -0.4 is 26.2 Å². The molecule has 5 aromatic rings. The second-order valence-corrected chi connectivity index (χ2v) is 19.3. The Balaban J connectivity index is 1.46. The number of hydrogen-bond donors (Lipinski definition) is 0. The lowest BCUT2D eigenvalue weighted by molar-refractivity contribution is 0.332. The minimum Gasteiger partial charge on any atom is -0.311 e. The topological polar surface area (TPSA) is 6.48 Å². The quantitative estimate of drug-likeness (QED) is 0.167. The summed E-state index contributed by atoms with van der Waals surface area (Å²) in [6.45, 7) is 26.0. The molecule has 0 spiro atoms. The second-order valence-electron chi connectivity index (χ2n) is 18.8. The minimum atomic E-state index is 0.0103.